The molecule has 0 atom stereocenters. The Hall–Kier alpha value is -3.87. The average molecular weight is 419 g/mol. The lowest BCUT2D eigenvalue weighted by Gasteiger charge is -2.20. The molecule has 2 aromatic heterocycles. The zero-order valence-corrected chi connectivity index (χ0v) is 17.4. The number of benzene rings is 2. The number of hydrogen-bond donors (Lipinski definition) is 0. The van der Waals surface area contributed by atoms with E-state index >= 15 is 0 Å². The Morgan fingerprint density at radius 2 is 1.48 bits per heavy atom. The van der Waals surface area contributed by atoms with Gasteiger partial charge in [-0.15, -0.1) is 0 Å². The molecule has 2 aromatic carbocycles. The van der Waals surface area contributed by atoms with E-state index in [0.717, 1.165) is 18.8 Å². The minimum absolute atomic E-state index is 0.224. The van der Waals surface area contributed by atoms with Crippen molar-refractivity contribution in [3.63, 3.8) is 0 Å². The van der Waals surface area contributed by atoms with Crippen molar-refractivity contribution in [1.82, 2.24) is 0 Å². The summed E-state index contributed by atoms with van der Waals surface area (Å²) in [5, 5.41) is 1.10. The van der Waals surface area contributed by atoms with Crippen LogP contribution in [0.1, 0.15) is 29.8 Å². The minimum Gasteiger partial charge on any atom is -0.497 e. The second-order valence-electron chi connectivity index (χ2n) is 7.02. The molecule has 0 aliphatic rings. The Labute approximate surface area is 177 Å². The Bertz CT molecular complexity index is 1410. The van der Waals surface area contributed by atoms with Gasteiger partial charge in [0.25, 0.3) is 0 Å². The van der Waals surface area contributed by atoms with Gasteiger partial charge in [0.15, 0.2) is 0 Å². The average Bonchev–Trinajstić information content (AvgIpc) is 2.78. The van der Waals surface area contributed by atoms with Crippen LogP contribution in [-0.4, -0.2) is 26.0 Å². The monoisotopic (exact) mass is 419 g/mol. The SMILES string of the molecule is CCN(CC)c1ccc2cc(C(=O)c3cc4cc(OC)ccc4oc3=O)c(=O)oc2c1. The van der Waals surface area contributed by atoms with E-state index in [1.54, 1.807) is 30.3 Å². The van der Waals surface area contributed by atoms with Crippen molar-refractivity contribution < 1.29 is 18.4 Å². The number of carbonyl (C=O) groups excluding carboxylic acids is 1. The highest BCUT2D eigenvalue weighted by Crippen LogP contribution is 2.24. The van der Waals surface area contributed by atoms with E-state index in [4.69, 9.17) is 13.6 Å². The minimum atomic E-state index is -0.820. The number of carbonyl (C=O) groups is 1. The van der Waals surface area contributed by atoms with Crippen LogP contribution in [0.3, 0.4) is 0 Å². The summed E-state index contributed by atoms with van der Waals surface area (Å²) in [6.45, 7) is 5.70. The van der Waals surface area contributed by atoms with Crippen LogP contribution >= 0.6 is 0 Å². The summed E-state index contributed by atoms with van der Waals surface area (Å²) in [6.07, 6.45) is 0. The van der Waals surface area contributed by atoms with E-state index in [0.29, 0.717) is 27.7 Å². The molecule has 0 spiro atoms. The second kappa shape index (κ2) is 8.10. The van der Waals surface area contributed by atoms with Gasteiger partial charge in [-0.3, -0.25) is 4.79 Å². The summed E-state index contributed by atoms with van der Waals surface area (Å²) >= 11 is 0. The second-order valence-corrected chi connectivity index (χ2v) is 7.02. The lowest BCUT2D eigenvalue weighted by molar-refractivity contribution is 0.103. The van der Waals surface area contributed by atoms with Crippen LogP contribution < -0.4 is 20.9 Å². The highest BCUT2D eigenvalue weighted by molar-refractivity contribution is 6.10. The van der Waals surface area contributed by atoms with Crippen molar-refractivity contribution in [2.45, 2.75) is 13.8 Å². The van der Waals surface area contributed by atoms with Gasteiger partial charge in [0, 0.05) is 35.6 Å². The van der Waals surface area contributed by atoms with E-state index in [1.807, 2.05) is 19.9 Å². The maximum Gasteiger partial charge on any atom is 0.347 e. The molecule has 4 rings (SSSR count). The van der Waals surface area contributed by atoms with E-state index in [-0.39, 0.29) is 11.1 Å². The number of methoxy groups -OCH3 is 1. The highest BCUT2D eigenvalue weighted by atomic mass is 16.5. The van der Waals surface area contributed by atoms with Crippen LogP contribution in [-0.2, 0) is 0 Å². The zero-order chi connectivity index (χ0) is 22.1. The molecule has 158 valence electrons. The molecule has 4 aromatic rings. The molecular weight excluding hydrogens is 398 g/mol. The predicted octanol–water partition coefficient (Wildman–Crippen LogP) is 3.99. The number of anilines is 1. The van der Waals surface area contributed by atoms with Gasteiger partial charge in [0.05, 0.1) is 7.11 Å². The van der Waals surface area contributed by atoms with Gasteiger partial charge in [-0.2, -0.15) is 0 Å². The van der Waals surface area contributed by atoms with Crippen molar-refractivity contribution in [2.75, 3.05) is 25.1 Å². The van der Waals surface area contributed by atoms with Gasteiger partial charge in [0.2, 0.25) is 5.78 Å². The molecule has 0 saturated carbocycles. The molecule has 0 N–H and O–H groups in total. The fourth-order valence-corrected chi connectivity index (χ4v) is 3.58. The molecule has 2 heterocycles. The van der Waals surface area contributed by atoms with Crippen LogP contribution in [0.4, 0.5) is 5.69 Å². The largest absolute Gasteiger partial charge is 0.497 e. The molecule has 0 aliphatic heterocycles. The molecule has 7 heteroatoms. The van der Waals surface area contributed by atoms with Crippen LogP contribution in [0, 0.1) is 0 Å². The molecule has 0 bridgehead atoms. The normalized spacial score (nSPS) is 11.1. The summed E-state index contributed by atoms with van der Waals surface area (Å²) in [5.74, 6) is -0.198. The van der Waals surface area contributed by atoms with Crippen LogP contribution in [0.25, 0.3) is 21.9 Å². The first-order valence-corrected chi connectivity index (χ1v) is 9.94. The fraction of sp³-hybridized carbons (Fsp3) is 0.208. The lowest BCUT2D eigenvalue weighted by Crippen LogP contribution is -2.22. The molecule has 7 nitrogen and oxygen atoms in total. The Kier molecular flexibility index (Phi) is 5.33. The number of fused-ring (bicyclic) bond motifs is 2. The molecule has 0 fully saturated rings. The molecular formula is C24H21NO6. The number of hydrogen-bond acceptors (Lipinski definition) is 7. The summed E-state index contributed by atoms with van der Waals surface area (Å²) in [5.41, 5.74) is -0.481. The maximum absolute atomic E-state index is 13.0. The Morgan fingerprint density at radius 1 is 0.839 bits per heavy atom. The van der Waals surface area contributed by atoms with Crippen molar-refractivity contribution in [3.8, 4) is 5.75 Å². The van der Waals surface area contributed by atoms with Gasteiger partial charge in [-0.05, 0) is 56.3 Å². The topological polar surface area (TPSA) is 90.0 Å². The summed E-state index contributed by atoms with van der Waals surface area (Å²) in [6, 6.07) is 13.2. The molecule has 0 unspecified atom stereocenters. The third-order valence-electron chi connectivity index (χ3n) is 5.28. The molecule has 0 radical (unpaired) electrons. The van der Waals surface area contributed by atoms with Gasteiger partial charge >= 0.3 is 11.3 Å². The number of ether oxygens (including phenoxy) is 1. The van der Waals surface area contributed by atoms with Gasteiger partial charge < -0.3 is 18.5 Å². The van der Waals surface area contributed by atoms with Crippen molar-refractivity contribution in [2.24, 2.45) is 0 Å². The quantitative estimate of drug-likeness (QED) is 0.345. The lowest BCUT2D eigenvalue weighted by atomic mass is 10.0. The number of nitrogens with zero attached hydrogens (tertiary/aromatic N) is 1. The number of rotatable bonds is 6. The first kappa shape index (κ1) is 20.4. The zero-order valence-electron chi connectivity index (χ0n) is 17.4. The third kappa shape index (κ3) is 3.70. The Morgan fingerprint density at radius 3 is 2.13 bits per heavy atom. The fourth-order valence-electron chi connectivity index (χ4n) is 3.58. The summed E-state index contributed by atoms with van der Waals surface area (Å²) < 4.78 is 15.9. The maximum atomic E-state index is 13.0. The predicted molar refractivity (Wildman–Crippen MR) is 119 cm³/mol. The van der Waals surface area contributed by atoms with Crippen LogP contribution in [0.15, 0.2) is 67.0 Å². The smallest absolute Gasteiger partial charge is 0.347 e. The standard InChI is InChI=1S/C24H21NO6/c1-4-25(5-2)16-7-6-14-11-18(24(28)31-21(14)13-16)22(26)19-12-15-10-17(29-3)8-9-20(15)30-23(19)27/h6-13H,4-5H2,1-3H3. The van der Waals surface area contributed by atoms with Crippen molar-refractivity contribution in [3.05, 3.63) is 80.5 Å². The van der Waals surface area contributed by atoms with Gasteiger partial charge in [0.1, 0.15) is 28.0 Å². The van der Waals surface area contributed by atoms with Gasteiger partial charge in [-0.1, -0.05) is 0 Å². The van der Waals surface area contributed by atoms with Crippen LogP contribution in [0.5, 0.6) is 5.75 Å². The van der Waals surface area contributed by atoms with E-state index < -0.39 is 17.0 Å². The number of ketones is 1. The summed E-state index contributed by atoms with van der Waals surface area (Å²) in [4.78, 5) is 40.2. The van der Waals surface area contributed by atoms with E-state index in [1.165, 1.54) is 19.2 Å². The molecule has 0 amide bonds. The van der Waals surface area contributed by atoms with E-state index in [2.05, 4.69) is 4.90 Å². The van der Waals surface area contributed by atoms with Crippen LogP contribution in [0.2, 0.25) is 0 Å². The van der Waals surface area contributed by atoms with E-state index in [9.17, 15) is 14.4 Å². The third-order valence-corrected chi connectivity index (χ3v) is 5.28. The van der Waals surface area contributed by atoms with Crippen molar-refractivity contribution in [1.29, 1.82) is 0 Å². The summed E-state index contributed by atoms with van der Waals surface area (Å²) in [7, 11) is 1.51. The van der Waals surface area contributed by atoms with Gasteiger partial charge in [-0.25, -0.2) is 9.59 Å². The highest BCUT2D eigenvalue weighted by Gasteiger charge is 2.21. The Balaban J connectivity index is 1.81. The molecule has 0 saturated heterocycles. The molecule has 31 heavy (non-hydrogen) atoms. The molecule has 0 aliphatic carbocycles. The van der Waals surface area contributed by atoms with Crippen molar-refractivity contribution >= 4 is 33.4 Å². The first-order valence-electron chi connectivity index (χ1n) is 9.94. The first-order chi connectivity index (χ1) is 14.9.